The zero-order valence-electron chi connectivity index (χ0n) is 8.63. The van der Waals surface area contributed by atoms with Gasteiger partial charge in [-0.2, -0.15) is 0 Å². The number of carbonyl (C=O) groups is 1. The van der Waals surface area contributed by atoms with Crippen molar-refractivity contribution < 1.29 is 9.90 Å². The molecule has 74 valence electrons. The SMILES string of the molecule is CC[C@@H]1CC/C(=C/O)C(=O)C1(C)C. The Morgan fingerprint density at radius 1 is 1.62 bits per heavy atom. The standard InChI is InChI=1S/C11H18O2/c1-4-9-6-5-8(7-12)10(13)11(9,2)3/h7,9,12H,4-6H2,1-3H3/b8-7-/t9-/m1/s1. The highest BCUT2D eigenvalue weighted by atomic mass is 16.2. The molecule has 1 fully saturated rings. The van der Waals surface area contributed by atoms with Crippen LogP contribution < -0.4 is 0 Å². The van der Waals surface area contributed by atoms with Crippen LogP contribution in [0.15, 0.2) is 11.8 Å². The summed E-state index contributed by atoms with van der Waals surface area (Å²) >= 11 is 0. The van der Waals surface area contributed by atoms with Crippen molar-refractivity contribution >= 4 is 5.78 Å². The Balaban J connectivity index is 2.92. The minimum absolute atomic E-state index is 0.119. The van der Waals surface area contributed by atoms with E-state index in [0.717, 1.165) is 25.5 Å². The molecule has 0 aromatic carbocycles. The third kappa shape index (κ3) is 1.62. The molecule has 0 spiro atoms. The van der Waals surface area contributed by atoms with Gasteiger partial charge in [0.1, 0.15) is 0 Å². The van der Waals surface area contributed by atoms with E-state index in [9.17, 15) is 4.79 Å². The summed E-state index contributed by atoms with van der Waals surface area (Å²) in [5.41, 5.74) is 0.302. The Hall–Kier alpha value is -0.790. The number of carbonyl (C=O) groups excluding carboxylic acids is 1. The maximum atomic E-state index is 11.8. The molecule has 1 aliphatic carbocycles. The molecule has 13 heavy (non-hydrogen) atoms. The molecule has 2 nitrogen and oxygen atoms in total. The number of rotatable bonds is 1. The first-order chi connectivity index (χ1) is 6.04. The molecule has 1 N–H and O–H groups in total. The normalized spacial score (nSPS) is 30.8. The number of allylic oxidation sites excluding steroid dienone is 1. The predicted molar refractivity (Wildman–Crippen MR) is 52.5 cm³/mol. The summed E-state index contributed by atoms with van der Waals surface area (Å²) in [4.78, 5) is 11.8. The van der Waals surface area contributed by atoms with Gasteiger partial charge in [0.25, 0.3) is 0 Å². The molecule has 0 heterocycles. The van der Waals surface area contributed by atoms with Crippen molar-refractivity contribution in [2.45, 2.75) is 40.0 Å². The zero-order chi connectivity index (χ0) is 10.1. The van der Waals surface area contributed by atoms with Crippen LogP contribution in [0.4, 0.5) is 0 Å². The van der Waals surface area contributed by atoms with Gasteiger partial charge < -0.3 is 5.11 Å². The third-order valence-electron chi connectivity index (χ3n) is 3.31. The first kappa shape index (κ1) is 10.3. The fourth-order valence-corrected chi connectivity index (χ4v) is 2.24. The smallest absolute Gasteiger partial charge is 0.167 e. The molecule has 0 unspecified atom stereocenters. The average molecular weight is 182 g/mol. The Morgan fingerprint density at radius 2 is 2.23 bits per heavy atom. The van der Waals surface area contributed by atoms with E-state index < -0.39 is 0 Å². The highest BCUT2D eigenvalue weighted by Gasteiger charge is 2.40. The quantitative estimate of drug-likeness (QED) is 0.500. The van der Waals surface area contributed by atoms with Crippen molar-refractivity contribution in [3.8, 4) is 0 Å². The van der Waals surface area contributed by atoms with E-state index in [1.165, 1.54) is 0 Å². The fourth-order valence-electron chi connectivity index (χ4n) is 2.24. The number of hydrogen-bond acceptors (Lipinski definition) is 2. The minimum Gasteiger partial charge on any atom is -0.515 e. The van der Waals surface area contributed by atoms with Gasteiger partial charge in [0.05, 0.1) is 6.26 Å². The van der Waals surface area contributed by atoms with Gasteiger partial charge in [-0.1, -0.05) is 27.2 Å². The van der Waals surface area contributed by atoms with Crippen LogP contribution in [0.1, 0.15) is 40.0 Å². The number of aliphatic hydroxyl groups excluding tert-OH is 1. The first-order valence-electron chi connectivity index (χ1n) is 4.92. The molecule has 0 radical (unpaired) electrons. The summed E-state index contributed by atoms with van der Waals surface area (Å²) in [6.07, 6.45) is 3.77. The van der Waals surface area contributed by atoms with Gasteiger partial charge in [0, 0.05) is 11.0 Å². The first-order valence-corrected chi connectivity index (χ1v) is 4.92. The summed E-state index contributed by atoms with van der Waals surface area (Å²) in [5, 5.41) is 8.87. The molecule has 2 heteroatoms. The van der Waals surface area contributed by atoms with E-state index in [1.807, 2.05) is 13.8 Å². The van der Waals surface area contributed by atoms with Crippen molar-refractivity contribution in [1.82, 2.24) is 0 Å². The monoisotopic (exact) mass is 182 g/mol. The summed E-state index contributed by atoms with van der Waals surface area (Å²) in [6, 6.07) is 0. The van der Waals surface area contributed by atoms with Crippen LogP contribution in [0.25, 0.3) is 0 Å². The number of hydrogen-bond donors (Lipinski definition) is 1. The Bertz CT molecular complexity index is 238. The lowest BCUT2D eigenvalue weighted by molar-refractivity contribution is -0.128. The van der Waals surface area contributed by atoms with Gasteiger partial charge in [-0.3, -0.25) is 4.79 Å². The molecular weight excluding hydrogens is 164 g/mol. The molecular formula is C11H18O2. The van der Waals surface area contributed by atoms with Crippen LogP contribution in [-0.2, 0) is 4.79 Å². The van der Waals surface area contributed by atoms with Crippen LogP contribution in [0.5, 0.6) is 0 Å². The lowest BCUT2D eigenvalue weighted by Crippen LogP contribution is -2.37. The maximum absolute atomic E-state index is 11.8. The summed E-state index contributed by atoms with van der Waals surface area (Å²) in [5.74, 6) is 0.580. The molecule has 0 aromatic heterocycles. The van der Waals surface area contributed by atoms with E-state index in [2.05, 4.69) is 6.92 Å². The largest absolute Gasteiger partial charge is 0.515 e. The van der Waals surface area contributed by atoms with Crippen molar-refractivity contribution in [1.29, 1.82) is 0 Å². The van der Waals surface area contributed by atoms with Crippen molar-refractivity contribution in [2.24, 2.45) is 11.3 Å². The molecule has 0 amide bonds. The van der Waals surface area contributed by atoms with Crippen LogP contribution in [0.2, 0.25) is 0 Å². The van der Waals surface area contributed by atoms with Crippen LogP contribution >= 0.6 is 0 Å². The van der Waals surface area contributed by atoms with E-state index in [1.54, 1.807) is 0 Å². The third-order valence-corrected chi connectivity index (χ3v) is 3.31. The topological polar surface area (TPSA) is 37.3 Å². The van der Waals surface area contributed by atoms with E-state index >= 15 is 0 Å². The van der Waals surface area contributed by atoms with Gasteiger partial charge in [-0.15, -0.1) is 0 Å². The molecule has 0 bridgehead atoms. The second-order valence-corrected chi connectivity index (χ2v) is 4.35. The second kappa shape index (κ2) is 3.52. The highest BCUT2D eigenvalue weighted by Crippen LogP contribution is 2.41. The molecule has 1 saturated carbocycles. The zero-order valence-corrected chi connectivity index (χ0v) is 8.63. The molecule has 0 aromatic rings. The van der Waals surface area contributed by atoms with Crippen molar-refractivity contribution in [2.75, 3.05) is 0 Å². The fraction of sp³-hybridized carbons (Fsp3) is 0.727. The lowest BCUT2D eigenvalue weighted by Gasteiger charge is -2.37. The predicted octanol–water partition coefficient (Wildman–Crippen LogP) is 2.84. The minimum atomic E-state index is -0.290. The second-order valence-electron chi connectivity index (χ2n) is 4.35. The summed E-state index contributed by atoms with van der Waals surface area (Å²) in [7, 11) is 0. The average Bonchev–Trinajstić information content (AvgIpc) is 2.09. The Kier molecular flexibility index (Phi) is 2.79. The van der Waals surface area contributed by atoms with Gasteiger partial charge in [-0.25, -0.2) is 0 Å². The summed E-state index contributed by atoms with van der Waals surface area (Å²) in [6.45, 7) is 6.08. The number of ketones is 1. The van der Waals surface area contributed by atoms with Crippen molar-refractivity contribution in [3.05, 3.63) is 11.8 Å². The van der Waals surface area contributed by atoms with Gasteiger partial charge in [0.2, 0.25) is 0 Å². The van der Waals surface area contributed by atoms with Crippen LogP contribution in [-0.4, -0.2) is 10.9 Å². The van der Waals surface area contributed by atoms with Crippen LogP contribution in [0.3, 0.4) is 0 Å². The summed E-state index contributed by atoms with van der Waals surface area (Å²) < 4.78 is 0. The number of Topliss-reactive ketones (excluding diaryl/α,β-unsaturated/α-hetero) is 1. The van der Waals surface area contributed by atoms with Crippen LogP contribution in [0, 0.1) is 11.3 Å². The van der Waals surface area contributed by atoms with Crippen molar-refractivity contribution in [3.63, 3.8) is 0 Å². The van der Waals surface area contributed by atoms with E-state index in [-0.39, 0.29) is 11.2 Å². The Labute approximate surface area is 79.6 Å². The van der Waals surface area contributed by atoms with Gasteiger partial charge in [-0.05, 0) is 18.8 Å². The van der Waals surface area contributed by atoms with Gasteiger partial charge in [0.15, 0.2) is 5.78 Å². The lowest BCUT2D eigenvalue weighted by atomic mass is 9.65. The molecule has 1 rings (SSSR count). The highest BCUT2D eigenvalue weighted by molar-refractivity contribution is 6.00. The molecule has 1 aliphatic rings. The van der Waals surface area contributed by atoms with E-state index in [4.69, 9.17) is 5.11 Å². The Morgan fingerprint density at radius 3 is 2.69 bits per heavy atom. The maximum Gasteiger partial charge on any atom is 0.167 e. The van der Waals surface area contributed by atoms with Gasteiger partial charge >= 0.3 is 0 Å². The van der Waals surface area contributed by atoms with E-state index in [0.29, 0.717) is 11.5 Å². The molecule has 0 saturated heterocycles. The number of aliphatic hydroxyl groups is 1. The molecule has 0 aliphatic heterocycles. The molecule has 1 atom stereocenters.